The van der Waals surface area contributed by atoms with Crippen LogP contribution in [-0.2, 0) is 10.8 Å². The van der Waals surface area contributed by atoms with E-state index in [0.717, 1.165) is 24.0 Å². The summed E-state index contributed by atoms with van der Waals surface area (Å²) in [5.74, 6) is 0.954. The van der Waals surface area contributed by atoms with Crippen LogP contribution in [-0.4, -0.2) is 26.7 Å². The van der Waals surface area contributed by atoms with Crippen molar-refractivity contribution in [2.45, 2.75) is 117 Å². The molecule has 1 rings (SSSR count). The standard InChI is InChI=1S/C25H48O2Si2/c1-13-15-25(14-2,28(8,9)10)27-29(11,12)24(7,19(3)4)18-22-16-20(5)23(26)21(6)17-22/h16-17,19,26H,13-15,18H2,1-12H3. The van der Waals surface area contributed by atoms with Gasteiger partial charge in [-0.05, 0) is 73.9 Å². The zero-order valence-corrected chi connectivity index (χ0v) is 23.4. The fourth-order valence-corrected chi connectivity index (χ4v) is 12.6. The number of aromatic hydroxyl groups is 1. The van der Waals surface area contributed by atoms with E-state index in [-0.39, 0.29) is 10.3 Å². The summed E-state index contributed by atoms with van der Waals surface area (Å²) >= 11 is 0. The minimum absolute atomic E-state index is 0.0500. The van der Waals surface area contributed by atoms with Crippen molar-refractivity contribution >= 4 is 16.4 Å². The molecule has 4 heteroatoms. The molecule has 0 aliphatic heterocycles. The Balaban J connectivity index is 3.43. The van der Waals surface area contributed by atoms with E-state index in [1.807, 2.05) is 13.8 Å². The molecular weight excluding hydrogens is 388 g/mol. The van der Waals surface area contributed by atoms with Gasteiger partial charge in [-0.3, -0.25) is 0 Å². The maximum atomic E-state index is 10.2. The van der Waals surface area contributed by atoms with E-state index < -0.39 is 16.4 Å². The lowest BCUT2D eigenvalue weighted by molar-refractivity contribution is 0.103. The summed E-state index contributed by atoms with van der Waals surface area (Å²) in [7, 11) is -3.60. The van der Waals surface area contributed by atoms with Crippen LogP contribution < -0.4 is 0 Å². The minimum Gasteiger partial charge on any atom is -0.507 e. The molecule has 168 valence electrons. The Kier molecular flexibility index (Phi) is 8.46. The maximum absolute atomic E-state index is 10.2. The van der Waals surface area contributed by atoms with Crippen molar-refractivity contribution in [2.24, 2.45) is 5.92 Å². The van der Waals surface area contributed by atoms with Crippen molar-refractivity contribution in [1.82, 2.24) is 0 Å². The van der Waals surface area contributed by atoms with E-state index in [1.54, 1.807) is 0 Å². The molecule has 0 aliphatic rings. The van der Waals surface area contributed by atoms with Crippen LogP contribution in [0, 0.1) is 19.8 Å². The Morgan fingerprint density at radius 3 is 1.83 bits per heavy atom. The molecule has 1 aromatic rings. The second kappa shape index (κ2) is 9.27. The number of phenols is 1. The molecule has 0 fully saturated rings. The summed E-state index contributed by atoms with van der Waals surface area (Å²) in [6.07, 6.45) is 4.46. The van der Waals surface area contributed by atoms with Gasteiger partial charge in [0.25, 0.3) is 0 Å². The highest BCUT2D eigenvalue weighted by Crippen LogP contribution is 2.51. The summed E-state index contributed by atoms with van der Waals surface area (Å²) in [5, 5.41) is 10.4. The number of hydrogen-bond acceptors (Lipinski definition) is 2. The molecule has 0 saturated heterocycles. The van der Waals surface area contributed by atoms with Crippen LogP contribution in [0.3, 0.4) is 0 Å². The predicted octanol–water partition coefficient (Wildman–Crippen LogP) is 8.02. The van der Waals surface area contributed by atoms with Crippen molar-refractivity contribution in [2.75, 3.05) is 0 Å². The monoisotopic (exact) mass is 436 g/mol. The third kappa shape index (κ3) is 5.37. The van der Waals surface area contributed by atoms with Crippen LogP contribution in [0.25, 0.3) is 0 Å². The topological polar surface area (TPSA) is 29.5 Å². The number of hydrogen-bond donors (Lipinski definition) is 1. The molecule has 1 N–H and O–H groups in total. The Hall–Kier alpha value is -0.586. The summed E-state index contributed by atoms with van der Waals surface area (Å²) in [6.45, 7) is 28.2. The van der Waals surface area contributed by atoms with Crippen LogP contribution in [0.2, 0.25) is 37.8 Å². The molecule has 0 bridgehead atoms. The van der Waals surface area contributed by atoms with Gasteiger partial charge in [-0.1, -0.05) is 72.8 Å². The first-order chi connectivity index (χ1) is 13.1. The molecule has 0 radical (unpaired) electrons. The van der Waals surface area contributed by atoms with Gasteiger partial charge in [-0.25, -0.2) is 0 Å². The Morgan fingerprint density at radius 1 is 1.00 bits per heavy atom. The van der Waals surface area contributed by atoms with Gasteiger partial charge < -0.3 is 9.53 Å². The third-order valence-corrected chi connectivity index (χ3v) is 15.9. The van der Waals surface area contributed by atoms with Crippen molar-refractivity contribution in [3.63, 3.8) is 0 Å². The van der Waals surface area contributed by atoms with E-state index in [4.69, 9.17) is 4.43 Å². The maximum Gasteiger partial charge on any atom is 0.193 e. The van der Waals surface area contributed by atoms with Crippen molar-refractivity contribution in [3.05, 3.63) is 28.8 Å². The molecule has 29 heavy (non-hydrogen) atoms. The van der Waals surface area contributed by atoms with Gasteiger partial charge >= 0.3 is 0 Å². The van der Waals surface area contributed by atoms with Gasteiger partial charge in [-0.2, -0.15) is 0 Å². The van der Waals surface area contributed by atoms with E-state index in [9.17, 15) is 5.11 Å². The van der Waals surface area contributed by atoms with E-state index in [1.165, 1.54) is 18.4 Å². The van der Waals surface area contributed by atoms with Gasteiger partial charge in [0.1, 0.15) is 5.75 Å². The molecule has 0 spiro atoms. The van der Waals surface area contributed by atoms with Gasteiger partial charge in [0.2, 0.25) is 0 Å². The lowest BCUT2D eigenvalue weighted by atomic mass is 9.88. The van der Waals surface area contributed by atoms with Crippen LogP contribution >= 0.6 is 0 Å². The summed E-state index contributed by atoms with van der Waals surface area (Å²) in [6, 6.07) is 4.34. The average Bonchev–Trinajstić information content (AvgIpc) is 2.57. The van der Waals surface area contributed by atoms with Crippen molar-refractivity contribution < 1.29 is 9.53 Å². The van der Waals surface area contributed by atoms with E-state index in [2.05, 4.69) is 79.5 Å². The first kappa shape index (κ1) is 26.4. The number of benzene rings is 1. The van der Waals surface area contributed by atoms with Crippen LogP contribution in [0.15, 0.2) is 12.1 Å². The Labute approximate surface area is 183 Å². The Morgan fingerprint density at radius 2 is 1.48 bits per heavy atom. The Bertz CT molecular complexity index is 668. The fourth-order valence-electron chi connectivity index (χ4n) is 5.05. The van der Waals surface area contributed by atoms with Crippen LogP contribution in [0.5, 0.6) is 5.75 Å². The lowest BCUT2D eigenvalue weighted by Gasteiger charge is -2.54. The first-order valence-corrected chi connectivity index (χ1v) is 18.0. The molecule has 0 heterocycles. The lowest BCUT2D eigenvalue weighted by Crippen LogP contribution is -2.62. The SMILES string of the molecule is CCCC(CC)(O[Si](C)(C)C(C)(Cc1cc(C)c(O)c(C)c1)C(C)C)[Si](C)(C)C. The summed E-state index contributed by atoms with van der Waals surface area (Å²) < 4.78 is 7.41. The molecular formula is C25H48O2Si2. The first-order valence-electron chi connectivity index (χ1n) is 11.6. The molecule has 0 aromatic heterocycles. The smallest absolute Gasteiger partial charge is 0.193 e. The number of rotatable bonds is 10. The molecule has 0 amide bonds. The fraction of sp³-hybridized carbons (Fsp3) is 0.760. The normalized spacial score (nSPS) is 17.3. The predicted molar refractivity (Wildman–Crippen MR) is 134 cm³/mol. The largest absolute Gasteiger partial charge is 0.507 e. The second-order valence-corrected chi connectivity index (χ2v) is 21.1. The van der Waals surface area contributed by atoms with Gasteiger partial charge in [0, 0.05) is 5.22 Å². The highest BCUT2D eigenvalue weighted by molar-refractivity contribution is 6.81. The molecule has 1 aromatic carbocycles. The van der Waals surface area contributed by atoms with Crippen molar-refractivity contribution in [1.29, 1.82) is 0 Å². The number of aryl methyl sites for hydroxylation is 2. The van der Waals surface area contributed by atoms with Crippen LogP contribution in [0.1, 0.15) is 70.6 Å². The zero-order valence-electron chi connectivity index (χ0n) is 21.4. The molecule has 2 atom stereocenters. The highest BCUT2D eigenvalue weighted by atomic mass is 28.4. The van der Waals surface area contributed by atoms with Gasteiger partial charge in [0.15, 0.2) is 8.32 Å². The quantitative estimate of drug-likeness (QED) is 0.376. The van der Waals surface area contributed by atoms with Crippen LogP contribution in [0.4, 0.5) is 0 Å². The molecule has 2 unspecified atom stereocenters. The minimum atomic E-state index is -2.08. The third-order valence-electron chi connectivity index (χ3n) is 7.81. The second-order valence-electron chi connectivity index (χ2n) is 11.3. The van der Waals surface area contributed by atoms with E-state index >= 15 is 0 Å². The molecule has 0 aliphatic carbocycles. The zero-order chi connectivity index (χ0) is 22.8. The van der Waals surface area contributed by atoms with Crippen molar-refractivity contribution in [3.8, 4) is 5.75 Å². The summed E-state index contributed by atoms with van der Waals surface area (Å²) in [5.41, 5.74) is 3.27. The summed E-state index contributed by atoms with van der Waals surface area (Å²) in [4.78, 5) is 0. The van der Waals surface area contributed by atoms with Gasteiger partial charge in [0.05, 0.1) is 8.07 Å². The van der Waals surface area contributed by atoms with E-state index in [0.29, 0.717) is 11.7 Å². The number of phenolic OH excluding ortho intramolecular Hbond substituents is 1. The highest BCUT2D eigenvalue weighted by Gasteiger charge is 2.53. The molecule has 0 saturated carbocycles. The molecule has 2 nitrogen and oxygen atoms in total. The van der Waals surface area contributed by atoms with Gasteiger partial charge in [-0.15, -0.1) is 0 Å². The average molecular weight is 437 g/mol.